The number of aryl methyl sites for hydroxylation is 2. The number of hydrogen-bond donors (Lipinski definition) is 0. The molecule has 0 unspecified atom stereocenters. The first kappa shape index (κ1) is 12.4. The van der Waals surface area contributed by atoms with Crippen molar-refractivity contribution in [2.24, 2.45) is 0 Å². The Balaban J connectivity index is 2.48. The number of methoxy groups -OCH3 is 1. The van der Waals surface area contributed by atoms with E-state index in [1.54, 1.807) is 19.2 Å². The van der Waals surface area contributed by atoms with Gasteiger partial charge >= 0.3 is 0 Å². The van der Waals surface area contributed by atoms with Crippen LogP contribution in [0.15, 0.2) is 42.5 Å². The van der Waals surface area contributed by atoms with Crippen molar-refractivity contribution in [2.75, 3.05) is 7.11 Å². The lowest BCUT2D eigenvalue weighted by Gasteiger charge is -2.09. The molecule has 0 spiro atoms. The topological polar surface area (TPSA) is 26.3 Å². The summed E-state index contributed by atoms with van der Waals surface area (Å²) in [4.78, 5) is 12.5. The fourth-order valence-corrected chi connectivity index (χ4v) is 2.05. The molecule has 0 aliphatic carbocycles. The lowest BCUT2D eigenvalue weighted by atomic mass is 9.97. The second kappa shape index (κ2) is 5.05. The maximum atomic E-state index is 12.5. The van der Waals surface area contributed by atoms with Crippen LogP contribution in [0.1, 0.15) is 27.0 Å². The van der Waals surface area contributed by atoms with Gasteiger partial charge in [-0.05, 0) is 31.5 Å². The van der Waals surface area contributed by atoms with Gasteiger partial charge in [0.15, 0.2) is 5.78 Å². The van der Waals surface area contributed by atoms with Gasteiger partial charge in [-0.2, -0.15) is 0 Å². The zero-order valence-corrected chi connectivity index (χ0v) is 10.9. The zero-order valence-electron chi connectivity index (χ0n) is 10.9. The van der Waals surface area contributed by atoms with Crippen molar-refractivity contribution in [3.8, 4) is 5.75 Å². The van der Waals surface area contributed by atoms with E-state index in [2.05, 4.69) is 0 Å². The minimum absolute atomic E-state index is 0.00458. The highest BCUT2D eigenvalue weighted by atomic mass is 16.5. The highest BCUT2D eigenvalue weighted by Gasteiger charge is 2.15. The van der Waals surface area contributed by atoms with Crippen molar-refractivity contribution in [1.29, 1.82) is 0 Å². The van der Waals surface area contributed by atoms with E-state index in [0.717, 1.165) is 16.7 Å². The van der Waals surface area contributed by atoms with Gasteiger partial charge < -0.3 is 4.74 Å². The second-order valence-corrected chi connectivity index (χ2v) is 4.35. The van der Waals surface area contributed by atoms with Crippen LogP contribution in [0.2, 0.25) is 0 Å². The first-order valence-electron chi connectivity index (χ1n) is 5.88. The van der Waals surface area contributed by atoms with Crippen LogP contribution in [0, 0.1) is 13.8 Å². The first-order valence-corrected chi connectivity index (χ1v) is 5.88. The summed E-state index contributed by atoms with van der Waals surface area (Å²) in [5.74, 6) is 0.618. The number of carbonyl (C=O) groups is 1. The van der Waals surface area contributed by atoms with Crippen molar-refractivity contribution >= 4 is 5.78 Å². The summed E-state index contributed by atoms with van der Waals surface area (Å²) in [6.45, 7) is 3.97. The molecule has 0 aliphatic heterocycles. The molecular weight excluding hydrogens is 224 g/mol. The van der Waals surface area contributed by atoms with Crippen LogP contribution < -0.4 is 4.74 Å². The minimum Gasteiger partial charge on any atom is -0.496 e. The Hall–Kier alpha value is -2.09. The molecule has 0 saturated carbocycles. The van der Waals surface area contributed by atoms with Gasteiger partial charge in [-0.1, -0.05) is 35.9 Å². The third-order valence-electron chi connectivity index (χ3n) is 2.98. The van der Waals surface area contributed by atoms with E-state index in [0.29, 0.717) is 11.3 Å². The quantitative estimate of drug-likeness (QED) is 0.767. The minimum atomic E-state index is 0.00458. The molecule has 2 heteroatoms. The average Bonchev–Trinajstić information content (AvgIpc) is 2.38. The Morgan fingerprint density at radius 1 is 1.00 bits per heavy atom. The average molecular weight is 240 g/mol. The number of rotatable bonds is 3. The molecule has 0 N–H and O–H groups in total. The molecule has 0 radical (unpaired) electrons. The van der Waals surface area contributed by atoms with E-state index < -0.39 is 0 Å². The van der Waals surface area contributed by atoms with Crippen LogP contribution >= 0.6 is 0 Å². The molecule has 0 saturated heterocycles. The number of para-hydroxylation sites is 1. The summed E-state index contributed by atoms with van der Waals surface area (Å²) >= 11 is 0. The molecule has 92 valence electrons. The van der Waals surface area contributed by atoms with Crippen LogP contribution in [0.25, 0.3) is 0 Å². The first-order chi connectivity index (χ1) is 8.63. The van der Waals surface area contributed by atoms with Gasteiger partial charge in [0.1, 0.15) is 5.75 Å². The van der Waals surface area contributed by atoms with E-state index in [9.17, 15) is 4.79 Å². The van der Waals surface area contributed by atoms with Gasteiger partial charge in [-0.3, -0.25) is 4.79 Å². The summed E-state index contributed by atoms with van der Waals surface area (Å²) < 4.78 is 5.23. The second-order valence-electron chi connectivity index (χ2n) is 4.35. The van der Waals surface area contributed by atoms with E-state index >= 15 is 0 Å². The Labute approximate surface area is 107 Å². The predicted octanol–water partition coefficient (Wildman–Crippen LogP) is 3.54. The van der Waals surface area contributed by atoms with Crippen LogP contribution in [0.5, 0.6) is 5.75 Å². The lowest BCUT2D eigenvalue weighted by molar-refractivity contribution is 0.103. The molecule has 0 aliphatic rings. The predicted molar refractivity (Wildman–Crippen MR) is 72.3 cm³/mol. The molecule has 18 heavy (non-hydrogen) atoms. The summed E-state index contributed by atoms with van der Waals surface area (Å²) in [6.07, 6.45) is 0. The summed E-state index contributed by atoms with van der Waals surface area (Å²) in [5.41, 5.74) is 3.48. The standard InChI is InChI=1S/C16H16O2/c1-11-8-9-13(12(2)10-11)16(17)14-6-4-5-7-15(14)18-3/h4-10H,1-3H3. The molecule has 2 aromatic carbocycles. The molecule has 0 heterocycles. The van der Waals surface area contributed by atoms with Crippen LogP contribution in [0.4, 0.5) is 0 Å². The van der Waals surface area contributed by atoms with Crippen molar-refractivity contribution in [3.63, 3.8) is 0 Å². The Morgan fingerprint density at radius 2 is 1.72 bits per heavy atom. The molecule has 2 aromatic rings. The summed E-state index contributed by atoms with van der Waals surface area (Å²) in [5, 5.41) is 0. The largest absolute Gasteiger partial charge is 0.496 e. The Bertz CT molecular complexity index is 585. The third kappa shape index (κ3) is 2.28. The van der Waals surface area contributed by atoms with Gasteiger partial charge in [0.05, 0.1) is 12.7 Å². The van der Waals surface area contributed by atoms with E-state index in [-0.39, 0.29) is 5.78 Å². The normalized spacial score (nSPS) is 10.2. The third-order valence-corrected chi connectivity index (χ3v) is 2.98. The van der Waals surface area contributed by atoms with E-state index in [1.165, 1.54) is 0 Å². The lowest BCUT2D eigenvalue weighted by Crippen LogP contribution is -2.05. The van der Waals surface area contributed by atoms with Crippen molar-refractivity contribution in [1.82, 2.24) is 0 Å². The van der Waals surface area contributed by atoms with Crippen LogP contribution in [-0.2, 0) is 0 Å². The molecule has 0 bridgehead atoms. The van der Waals surface area contributed by atoms with Crippen molar-refractivity contribution in [3.05, 3.63) is 64.7 Å². The maximum absolute atomic E-state index is 12.5. The van der Waals surface area contributed by atoms with Gasteiger partial charge in [-0.25, -0.2) is 0 Å². The Morgan fingerprint density at radius 3 is 2.39 bits per heavy atom. The van der Waals surface area contributed by atoms with E-state index in [1.807, 2.05) is 44.2 Å². The SMILES string of the molecule is COc1ccccc1C(=O)c1ccc(C)cc1C. The van der Waals surface area contributed by atoms with Gasteiger partial charge in [-0.15, -0.1) is 0 Å². The van der Waals surface area contributed by atoms with Crippen molar-refractivity contribution in [2.45, 2.75) is 13.8 Å². The highest BCUT2D eigenvalue weighted by Crippen LogP contribution is 2.23. The zero-order chi connectivity index (χ0) is 13.1. The molecule has 0 atom stereocenters. The van der Waals surface area contributed by atoms with Gasteiger partial charge in [0, 0.05) is 5.56 Å². The van der Waals surface area contributed by atoms with Crippen LogP contribution in [-0.4, -0.2) is 12.9 Å². The van der Waals surface area contributed by atoms with E-state index in [4.69, 9.17) is 4.74 Å². The number of hydrogen-bond acceptors (Lipinski definition) is 2. The molecule has 0 aromatic heterocycles. The number of benzene rings is 2. The number of ether oxygens (including phenoxy) is 1. The van der Waals surface area contributed by atoms with Crippen LogP contribution in [0.3, 0.4) is 0 Å². The monoisotopic (exact) mass is 240 g/mol. The number of carbonyl (C=O) groups excluding carboxylic acids is 1. The maximum Gasteiger partial charge on any atom is 0.197 e. The molecular formula is C16H16O2. The molecule has 2 nitrogen and oxygen atoms in total. The molecule has 2 rings (SSSR count). The fraction of sp³-hybridized carbons (Fsp3) is 0.188. The summed E-state index contributed by atoms with van der Waals surface area (Å²) in [7, 11) is 1.58. The molecule has 0 amide bonds. The molecule has 0 fully saturated rings. The Kier molecular flexibility index (Phi) is 3.47. The van der Waals surface area contributed by atoms with Gasteiger partial charge in [0.25, 0.3) is 0 Å². The van der Waals surface area contributed by atoms with Crippen molar-refractivity contribution < 1.29 is 9.53 Å². The van der Waals surface area contributed by atoms with Gasteiger partial charge in [0.2, 0.25) is 0 Å². The highest BCUT2D eigenvalue weighted by molar-refractivity contribution is 6.11. The fourth-order valence-electron chi connectivity index (χ4n) is 2.05. The smallest absolute Gasteiger partial charge is 0.197 e. The number of ketones is 1. The summed E-state index contributed by atoms with van der Waals surface area (Å²) in [6, 6.07) is 13.1.